The van der Waals surface area contributed by atoms with E-state index in [0.717, 1.165) is 91.4 Å². The lowest BCUT2D eigenvalue weighted by Crippen LogP contribution is -1.98. The summed E-state index contributed by atoms with van der Waals surface area (Å²) < 4.78 is 7.80. The van der Waals surface area contributed by atoms with Crippen LogP contribution >= 0.6 is 68.0 Å². The number of nitrogens with zero attached hydrogens (tertiary/aromatic N) is 6. The van der Waals surface area contributed by atoms with Crippen LogP contribution in [0, 0.1) is 63.5 Å². The maximum atomic E-state index is 9.33. The Kier molecular flexibility index (Phi) is 11.3. The lowest BCUT2D eigenvalue weighted by Gasteiger charge is -2.14. The molecule has 0 fully saturated rings. The van der Waals surface area contributed by atoms with Crippen molar-refractivity contribution in [2.24, 2.45) is 0 Å². The Balaban J connectivity index is 1.10. The molecule has 0 amide bonds. The van der Waals surface area contributed by atoms with Crippen molar-refractivity contribution in [1.29, 1.82) is 21.0 Å². The summed E-state index contributed by atoms with van der Waals surface area (Å²) in [6, 6.07) is 57.5. The van der Waals surface area contributed by atoms with Crippen molar-refractivity contribution in [3.05, 3.63) is 192 Å². The first kappa shape index (κ1) is 40.7. The number of hydrogen-bond acceptors (Lipinski definition) is 12. The predicted molar refractivity (Wildman–Crippen MR) is 265 cm³/mol. The number of rotatable bonds is 6. The minimum Gasteiger partial charge on any atom is -0.243 e. The van der Waals surface area contributed by atoms with Crippen LogP contribution < -0.4 is 18.1 Å². The van der Waals surface area contributed by atoms with Crippen molar-refractivity contribution in [3.8, 4) is 67.7 Å². The minimum atomic E-state index is 0.130. The number of thiophene rings is 6. The van der Waals surface area contributed by atoms with Gasteiger partial charge in [-0.3, -0.25) is 0 Å². The van der Waals surface area contributed by atoms with Crippen LogP contribution in [-0.2, 0) is 0 Å². The molecule has 0 atom stereocenters. The van der Waals surface area contributed by atoms with Gasteiger partial charge in [-0.05, 0) is 84.9 Å². The van der Waals surface area contributed by atoms with Crippen molar-refractivity contribution < 1.29 is 0 Å². The topological polar surface area (TPSA) is 121 Å². The lowest BCUT2D eigenvalue weighted by molar-refractivity contribution is 1.29. The average molecular weight is 927 g/mol. The predicted octanol–water partition coefficient (Wildman–Crippen LogP) is 11.3. The molecular weight excluding hydrogens is 901 g/mol. The molecule has 0 bridgehead atoms. The summed E-state index contributed by atoms with van der Waals surface area (Å²) in [5, 5.41) is 37.3. The van der Waals surface area contributed by atoms with Gasteiger partial charge >= 0.3 is 0 Å². The Hall–Kier alpha value is -7.36. The van der Waals surface area contributed by atoms with Gasteiger partial charge in [0.15, 0.2) is 0 Å². The zero-order valence-electron chi connectivity index (χ0n) is 33.1. The van der Waals surface area contributed by atoms with Gasteiger partial charge in [0, 0.05) is 69.0 Å². The Bertz CT molecular complexity index is 3790. The van der Waals surface area contributed by atoms with Gasteiger partial charge < -0.3 is 0 Å². The summed E-state index contributed by atoms with van der Waals surface area (Å²) in [7, 11) is 0. The number of nitriles is 4. The normalized spacial score (nSPS) is 12.7. The van der Waals surface area contributed by atoms with Crippen LogP contribution in [0.2, 0.25) is 0 Å². The van der Waals surface area contributed by atoms with E-state index in [-0.39, 0.29) is 11.1 Å². The molecule has 0 spiro atoms. The third-order valence-electron chi connectivity index (χ3n) is 10.2. The molecule has 12 heteroatoms. The molecule has 6 nitrogen and oxygen atoms in total. The SMILES string of the molecule is N#CC(C#N)=c1cc/c(=c2/cc/c(=C/c3ccc(-c4ccc(-c5ccc(/C=c6/cc/c(=c7/ccc(=C(C#N)C#N)s7)s6)s5)c5nc(-c6ccccc6)c(-c6ccccc6)nc45)s3)s2)s1. The van der Waals surface area contributed by atoms with E-state index in [1.54, 1.807) is 45.3 Å². The molecule has 0 aliphatic carbocycles. The van der Waals surface area contributed by atoms with Crippen LogP contribution in [0.1, 0.15) is 9.75 Å². The average Bonchev–Trinajstić information content (AvgIpc) is 4.20. The second-order valence-corrected chi connectivity index (χ2v) is 20.8. The molecule has 0 unspecified atom stereocenters. The van der Waals surface area contributed by atoms with E-state index in [4.69, 9.17) is 9.97 Å². The summed E-state index contributed by atoms with van der Waals surface area (Å²) in [4.78, 5) is 15.4. The molecule has 0 saturated carbocycles. The molecule has 3 aromatic carbocycles. The van der Waals surface area contributed by atoms with E-state index in [2.05, 4.69) is 97.1 Å². The fraction of sp³-hybridized carbons (Fsp3) is 0. The number of fused-ring (bicyclic) bond motifs is 1. The van der Waals surface area contributed by atoms with Crippen LogP contribution in [0.15, 0.2) is 146 Å². The van der Waals surface area contributed by atoms with E-state index in [0.29, 0.717) is 9.06 Å². The Morgan fingerprint density at radius 2 is 0.781 bits per heavy atom. The first-order valence-electron chi connectivity index (χ1n) is 19.6. The van der Waals surface area contributed by atoms with Gasteiger partial charge in [0.25, 0.3) is 0 Å². The third-order valence-corrected chi connectivity index (χ3v) is 17.0. The van der Waals surface area contributed by atoms with Gasteiger partial charge in [-0.2, -0.15) is 21.0 Å². The summed E-state index contributed by atoms with van der Waals surface area (Å²) in [6.07, 6.45) is 4.39. The molecular formula is C52H26N6S6. The standard InChI is InChI=1S/C52H26N6S6/c53-27-33(28-54)41-21-23-47(63-41)45-19-13-37(61-45)25-35-11-17-43(59-35)39-15-16-40(52-51(39)57-49(31-7-3-1-4-8-31)50(58-52)32-9-5-2-6-10-32)44-18-12-36(60-44)26-38-14-20-46(62-38)48-24-22-42(64-48)34(29-55)30-56/h1-26H/b37-25-,38-26-,47-45+,48-46+. The highest BCUT2D eigenvalue weighted by Crippen LogP contribution is 2.42. The van der Waals surface area contributed by atoms with Gasteiger partial charge in [0.1, 0.15) is 35.4 Å². The highest BCUT2D eigenvalue weighted by molar-refractivity contribution is 7.17. The highest BCUT2D eigenvalue weighted by Gasteiger charge is 2.20. The molecule has 0 aliphatic heterocycles. The number of benzene rings is 3. The Morgan fingerprint density at radius 3 is 1.19 bits per heavy atom. The molecule has 0 radical (unpaired) electrons. The minimum absolute atomic E-state index is 0.130. The molecule has 10 aromatic rings. The van der Waals surface area contributed by atoms with E-state index >= 15 is 0 Å². The monoisotopic (exact) mass is 926 g/mol. The summed E-state index contributed by atoms with van der Waals surface area (Å²) in [6.45, 7) is 0. The van der Waals surface area contributed by atoms with Gasteiger partial charge in [-0.25, -0.2) is 9.97 Å². The summed E-state index contributed by atoms with van der Waals surface area (Å²) >= 11 is 9.68. The zero-order chi connectivity index (χ0) is 43.6. The van der Waals surface area contributed by atoms with Crippen LogP contribution in [-0.4, -0.2) is 9.97 Å². The van der Waals surface area contributed by atoms with Crippen LogP contribution in [0.25, 0.3) is 77.7 Å². The first-order valence-corrected chi connectivity index (χ1v) is 24.5. The van der Waals surface area contributed by atoms with Crippen LogP contribution in [0.5, 0.6) is 0 Å². The molecule has 64 heavy (non-hydrogen) atoms. The molecule has 0 aliphatic rings. The van der Waals surface area contributed by atoms with Crippen molar-refractivity contribution in [2.75, 3.05) is 0 Å². The molecule has 0 N–H and O–H groups in total. The van der Waals surface area contributed by atoms with Gasteiger partial charge in [0.2, 0.25) is 0 Å². The first-order chi connectivity index (χ1) is 31.5. The van der Waals surface area contributed by atoms with Crippen molar-refractivity contribution in [1.82, 2.24) is 9.97 Å². The van der Waals surface area contributed by atoms with E-state index < -0.39 is 0 Å². The van der Waals surface area contributed by atoms with Crippen molar-refractivity contribution >= 4 is 102 Å². The summed E-state index contributed by atoms with van der Waals surface area (Å²) in [5.74, 6) is 0. The quantitative estimate of drug-likeness (QED) is 0.164. The maximum Gasteiger partial charge on any atom is 0.146 e. The van der Waals surface area contributed by atoms with Gasteiger partial charge in [-0.15, -0.1) is 68.0 Å². The van der Waals surface area contributed by atoms with E-state index in [1.807, 2.05) is 84.9 Å². The summed E-state index contributed by atoms with van der Waals surface area (Å²) in [5.41, 5.74) is 7.55. The zero-order valence-corrected chi connectivity index (χ0v) is 38.0. The Morgan fingerprint density at radius 1 is 0.391 bits per heavy atom. The molecule has 7 aromatic heterocycles. The lowest BCUT2D eigenvalue weighted by atomic mass is 10.0. The second-order valence-electron chi connectivity index (χ2n) is 14.1. The largest absolute Gasteiger partial charge is 0.243 e. The maximum absolute atomic E-state index is 9.33. The van der Waals surface area contributed by atoms with E-state index in [1.165, 1.54) is 22.7 Å². The molecule has 10 rings (SSSR count). The Labute approximate surface area is 389 Å². The van der Waals surface area contributed by atoms with Crippen molar-refractivity contribution in [3.63, 3.8) is 0 Å². The second kappa shape index (κ2) is 17.8. The van der Waals surface area contributed by atoms with Gasteiger partial charge in [-0.1, -0.05) is 72.8 Å². The van der Waals surface area contributed by atoms with Crippen LogP contribution in [0.3, 0.4) is 0 Å². The molecule has 7 heterocycles. The smallest absolute Gasteiger partial charge is 0.146 e. The number of aromatic nitrogens is 2. The van der Waals surface area contributed by atoms with Crippen LogP contribution in [0.4, 0.5) is 0 Å². The van der Waals surface area contributed by atoms with Crippen molar-refractivity contribution in [2.45, 2.75) is 0 Å². The van der Waals surface area contributed by atoms with E-state index in [9.17, 15) is 21.0 Å². The fourth-order valence-electron chi connectivity index (χ4n) is 7.16. The molecule has 0 saturated heterocycles. The fourth-order valence-corrected chi connectivity index (χ4v) is 13.3. The molecule has 300 valence electrons. The van der Waals surface area contributed by atoms with Gasteiger partial charge in [0.05, 0.1) is 31.5 Å². The number of hydrogen-bond donors (Lipinski definition) is 0. The highest BCUT2D eigenvalue weighted by atomic mass is 32.1. The third kappa shape index (κ3) is 8.06.